The maximum atomic E-state index is 6.38. The number of hydrogen-bond acceptors (Lipinski definition) is 2. The van der Waals surface area contributed by atoms with E-state index < -0.39 is 0 Å². The van der Waals surface area contributed by atoms with Crippen LogP contribution in [0.15, 0.2) is 24.3 Å². The summed E-state index contributed by atoms with van der Waals surface area (Å²) in [4.78, 5) is 0. The first-order valence-corrected chi connectivity index (χ1v) is 7.34. The highest BCUT2D eigenvalue weighted by molar-refractivity contribution is 7.20. The molecule has 1 aromatic heterocycles. The molecule has 2 rings (SSSR count). The van der Waals surface area contributed by atoms with Crippen LogP contribution in [0.1, 0.15) is 16.5 Å². The molecule has 1 heterocycles. The quantitative estimate of drug-likeness (QED) is 0.618. The van der Waals surface area contributed by atoms with Gasteiger partial charge in [-0.2, -0.15) is 0 Å². The molecule has 18 heavy (non-hydrogen) atoms. The van der Waals surface area contributed by atoms with Crippen molar-refractivity contribution in [2.24, 2.45) is 0 Å². The molecule has 1 unspecified atom stereocenters. The number of benzene rings is 1. The summed E-state index contributed by atoms with van der Waals surface area (Å²) in [6.45, 7) is 0. The van der Waals surface area contributed by atoms with Crippen LogP contribution in [-0.4, -0.2) is 7.11 Å². The van der Waals surface area contributed by atoms with Crippen molar-refractivity contribution in [1.29, 1.82) is 0 Å². The Kier molecular flexibility index (Phi) is 4.68. The summed E-state index contributed by atoms with van der Waals surface area (Å²) >= 11 is 25.7. The van der Waals surface area contributed by atoms with Crippen molar-refractivity contribution < 1.29 is 4.74 Å². The van der Waals surface area contributed by atoms with E-state index in [-0.39, 0.29) is 5.38 Å². The predicted octanol–water partition coefficient (Wildman–Crippen LogP) is 6.05. The minimum Gasteiger partial charge on any atom is -0.495 e. The molecular weight excluding hydrogens is 334 g/mol. The molecule has 0 saturated heterocycles. The Morgan fingerprint density at radius 3 is 2.39 bits per heavy atom. The Hall–Kier alpha value is -0.120. The standard InChI is InChI=1S/C12H8Cl4OS/c1-17-9-3-2-6(4-8(9)13)11(15)7-5-10(14)18-12(7)16/h2-5,11H,1H3. The van der Waals surface area contributed by atoms with E-state index in [2.05, 4.69) is 0 Å². The van der Waals surface area contributed by atoms with E-state index in [0.29, 0.717) is 19.4 Å². The van der Waals surface area contributed by atoms with Gasteiger partial charge in [-0.1, -0.05) is 40.9 Å². The molecule has 96 valence electrons. The van der Waals surface area contributed by atoms with Crippen LogP contribution in [0.25, 0.3) is 0 Å². The van der Waals surface area contributed by atoms with Crippen molar-refractivity contribution in [3.63, 3.8) is 0 Å². The third kappa shape index (κ3) is 2.89. The summed E-state index contributed by atoms with van der Waals surface area (Å²) in [6.07, 6.45) is 0. The van der Waals surface area contributed by atoms with Crippen LogP contribution in [0.5, 0.6) is 5.75 Å². The van der Waals surface area contributed by atoms with Gasteiger partial charge < -0.3 is 4.74 Å². The molecule has 0 saturated carbocycles. The Morgan fingerprint density at radius 2 is 1.89 bits per heavy atom. The number of methoxy groups -OCH3 is 1. The van der Waals surface area contributed by atoms with Crippen LogP contribution in [0.4, 0.5) is 0 Å². The van der Waals surface area contributed by atoms with Crippen LogP contribution in [-0.2, 0) is 0 Å². The fourth-order valence-corrected chi connectivity index (χ4v) is 3.77. The summed E-state index contributed by atoms with van der Waals surface area (Å²) in [5.41, 5.74) is 1.63. The zero-order valence-corrected chi connectivity index (χ0v) is 13.1. The van der Waals surface area contributed by atoms with E-state index in [9.17, 15) is 0 Å². The van der Waals surface area contributed by atoms with E-state index in [1.165, 1.54) is 11.3 Å². The zero-order chi connectivity index (χ0) is 13.3. The lowest BCUT2D eigenvalue weighted by Gasteiger charge is -2.11. The first kappa shape index (κ1) is 14.3. The van der Waals surface area contributed by atoms with Crippen LogP contribution >= 0.6 is 57.7 Å². The van der Waals surface area contributed by atoms with Crippen molar-refractivity contribution in [3.05, 3.63) is 49.1 Å². The molecule has 0 amide bonds. The molecule has 0 aliphatic heterocycles. The molecule has 0 fully saturated rings. The lowest BCUT2D eigenvalue weighted by atomic mass is 10.1. The van der Waals surface area contributed by atoms with Gasteiger partial charge in [0.2, 0.25) is 0 Å². The van der Waals surface area contributed by atoms with E-state index in [1.54, 1.807) is 25.3 Å². The molecule has 0 aliphatic rings. The minimum absolute atomic E-state index is 0.385. The van der Waals surface area contributed by atoms with Crippen LogP contribution in [0, 0.1) is 0 Å². The van der Waals surface area contributed by atoms with Crippen molar-refractivity contribution >= 4 is 57.7 Å². The molecule has 0 N–H and O–H groups in total. The van der Waals surface area contributed by atoms with Gasteiger partial charge in [-0.05, 0) is 23.8 Å². The van der Waals surface area contributed by atoms with Crippen molar-refractivity contribution in [1.82, 2.24) is 0 Å². The first-order valence-electron chi connectivity index (χ1n) is 4.95. The summed E-state index contributed by atoms with van der Waals surface area (Å²) in [6, 6.07) is 7.16. The van der Waals surface area contributed by atoms with Crippen LogP contribution < -0.4 is 4.74 Å². The van der Waals surface area contributed by atoms with Gasteiger partial charge in [-0.15, -0.1) is 22.9 Å². The van der Waals surface area contributed by atoms with Gasteiger partial charge in [0, 0.05) is 5.56 Å². The number of thiophene rings is 1. The number of halogens is 4. The summed E-state index contributed by atoms with van der Waals surface area (Å²) in [7, 11) is 1.56. The SMILES string of the molecule is COc1ccc(C(Cl)c2cc(Cl)sc2Cl)cc1Cl. The maximum absolute atomic E-state index is 6.38. The van der Waals surface area contributed by atoms with Gasteiger partial charge in [0.05, 0.1) is 26.2 Å². The Bertz CT molecular complexity index is 567. The van der Waals surface area contributed by atoms with E-state index >= 15 is 0 Å². The van der Waals surface area contributed by atoms with Gasteiger partial charge in [0.25, 0.3) is 0 Å². The van der Waals surface area contributed by atoms with E-state index in [1.807, 2.05) is 6.07 Å². The Morgan fingerprint density at radius 1 is 1.17 bits per heavy atom. The van der Waals surface area contributed by atoms with E-state index in [4.69, 9.17) is 51.1 Å². The number of ether oxygens (including phenoxy) is 1. The lowest BCUT2D eigenvalue weighted by Crippen LogP contribution is -1.93. The van der Waals surface area contributed by atoms with E-state index in [0.717, 1.165) is 11.1 Å². The third-order valence-corrected chi connectivity index (χ3v) is 4.73. The molecule has 0 spiro atoms. The molecule has 6 heteroatoms. The van der Waals surface area contributed by atoms with Crippen molar-refractivity contribution in [2.75, 3.05) is 7.11 Å². The molecule has 0 bridgehead atoms. The van der Waals surface area contributed by atoms with Crippen LogP contribution in [0.2, 0.25) is 13.7 Å². The lowest BCUT2D eigenvalue weighted by molar-refractivity contribution is 0.415. The third-order valence-electron chi connectivity index (χ3n) is 2.42. The molecule has 0 aliphatic carbocycles. The topological polar surface area (TPSA) is 9.23 Å². The van der Waals surface area contributed by atoms with Gasteiger partial charge in [-0.25, -0.2) is 0 Å². The Labute approximate surface area is 129 Å². The normalized spacial score (nSPS) is 12.5. The Balaban J connectivity index is 2.37. The van der Waals surface area contributed by atoms with Gasteiger partial charge in [0.1, 0.15) is 5.75 Å². The molecule has 2 aromatic rings. The smallest absolute Gasteiger partial charge is 0.137 e. The summed E-state index contributed by atoms with van der Waals surface area (Å²) in [5.74, 6) is 0.610. The maximum Gasteiger partial charge on any atom is 0.137 e. The molecule has 1 aromatic carbocycles. The fourth-order valence-electron chi connectivity index (χ4n) is 1.55. The van der Waals surface area contributed by atoms with Gasteiger partial charge in [-0.3, -0.25) is 0 Å². The average molecular weight is 342 g/mol. The number of alkyl halides is 1. The molecular formula is C12H8Cl4OS. The van der Waals surface area contributed by atoms with Crippen molar-refractivity contribution in [3.8, 4) is 5.75 Å². The minimum atomic E-state index is -0.385. The van der Waals surface area contributed by atoms with Crippen molar-refractivity contribution in [2.45, 2.75) is 5.38 Å². The van der Waals surface area contributed by atoms with Gasteiger partial charge >= 0.3 is 0 Å². The highest BCUT2D eigenvalue weighted by atomic mass is 35.5. The monoisotopic (exact) mass is 340 g/mol. The molecule has 1 nitrogen and oxygen atoms in total. The van der Waals surface area contributed by atoms with Gasteiger partial charge in [0.15, 0.2) is 0 Å². The second-order valence-corrected chi connectivity index (χ2v) is 6.67. The second kappa shape index (κ2) is 5.89. The second-order valence-electron chi connectivity index (χ2n) is 3.54. The highest BCUT2D eigenvalue weighted by Gasteiger charge is 2.18. The number of hydrogen-bond donors (Lipinski definition) is 0. The van der Waals surface area contributed by atoms with Crippen LogP contribution in [0.3, 0.4) is 0 Å². The largest absolute Gasteiger partial charge is 0.495 e. The zero-order valence-electron chi connectivity index (χ0n) is 9.22. The summed E-state index contributed by atoms with van der Waals surface area (Å²) in [5, 5.41) is 0.128. The summed E-state index contributed by atoms with van der Waals surface area (Å²) < 4.78 is 6.29. The fraction of sp³-hybridized carbons (Fsp3) is 0.167. The first-order chi connectivity index (χ1) is 8.52. The number of rotatable bonds is 3. The molecule has 1 atom stereocenters. The molecule has 0 radical (unpaired) electrons. The predicted molar refractivity (Wildman–Crippen MR) is 80.0 cm³/mol. The average Bonchev–Trinajstić information content (AvgIpc) is 2.67. The highest BCUT2D eigenvalue weighted by Crippen LogP contribution is 2.41.